The normalized spacial score (nSPS) is 9.83. The number of nitrogens with one attached hydrogen (secondary N) is 1. The van der Waals surface area contributed by atoms with Crippen molar-refractivity contribution in [1.82, 2.24) is 4.98 Å². The maximum atomic E-state index is 12.7. The van der Waals surface area contributed by atoms with Gasteiger partial charge in [0.2, 0.25) is 0 Å². The van der Waals surface area contributed by atoms with Gasteiger partial charge in [0.1, 0.15) is 16.8 Å². The van der Waals surface area contributed by atoms with Crippen LogP contribution in [0.1, 0.15) is 11.1 Å². The van der Waals surface area contributed by atoms with Gasteiger partial charge in [0.15, 0.2) is 0 Å². The minimum Gasteiger partial charge on any atom is -0.366 e. The molecular weight excluding hydrogens is 253 g/mol. The number of halogens is 2. The van der Waals surface area contributed by atoms with Crippen LogP contribution in [0, 0.1) is 17.1 Å². The number of hydrogen-bond acceptors (Lipinski definition) is 3. The predicted octanol–water partition coefficient (Wildman–Crippen LogP) is 3.36. The first-order valence-electron chi connectivity index (χ1n) is 5.23. The maximum Gasteiger partial charge on any atom is 0.132 e. The zero-order valence-electron chi connectivity index (χ0n) is 9.32. The average Bonchev–Trinajstić information content (AvgIpc) is 2.37. The lowest BCUT2D eigenvalue weighted by atomic mass is 10.2. The van der Waals surface area contributed by atoms with E-state index in [0.29, 0.717) is 17.9 Å². The molecule has 1 aromatic heterocycles. The molecule has 0 spiro atoms. The van der Waals surface area contributed by atoms with Gasteiger partial charge in [0.05, 0.1) is 11.6 Å². The Kier molecular flexibility index (Phi) is 3.75. The van der Waals surface area contributed by atoms with E-state index in [0.717, 1.165) is 5.56 Å². The summed E-state index contributed by atoms with van der Waals surface area (Å²) in [6, 6.07) is 11.2. The summed E-state index contributed by atoms with van der Waals surface area (Å²) < 4.78 is 12.7. The van der Waals surface area contributed by atoms with Gasteiger partial charge in [-0.2, -0.15) is 5.26 Å². The van der Waals surface area contributed by atoms with Crippen LogP contribution in [0.2, 0.25) is 5.15 Å². The molecule has 1 N–H and O–H groups in total. The molecule has 2 rings (SSSR count). The van der Waals surface area contributed by atoms with Crippen LogP contribution in [0.3, 0.4) is 0 Å². The number of rotatable bonds is 3. The van der Waals surface area contributed by atoms with Crippen LogP contribution in [0.4, 0.5) is 10.2 Å². The van der Waals surface area contributed by atoms with E-state index in [9.17, 15) is 4.39 Å². The van der Waals surface area contributed by atoms with Gasteiger partial charge in [0.25, 0.3) is 0 Å². The first kappa shape index (κ1) is 12.3. The fraction of sp³-hybridized carbons (Fsp3) is 0.0769. The Bertz CT molecular complexity index is 590. The number of aromatic nitrogens is 1. The highest BCUT2D eigenvalue weighted by Gasteiger charge is 2.01. The van der Waals surface area contributed by atoms with E-state index < -0.39 is 0 Å². The van der Waals surface area contributed by atoms with E-state index in [1.54, 1.807) is 18.2 Å². The molecule has 5 heteroatoms. The summed E-state index contributed by atoms with van der Waals surface area (Å²) in [6.45, 7) is 0.485. The molecule has 0 aliphatic heterocycles. The Balaban J connectivity index is 2.08. The summed E-state index contributed by atoms with van der Waals surface area (Å²) in [4.78, 5) is 4.04. The van der Waals surface area contributed by atoms with E-state index in [2.05, 4.69) is 10.3 Å². The molecule has 0 radical (unpaired) electrons. The zero-order valence-corrected chi connectivity index (χ0v) is 10.1. The molecule has 2 aromatic rings. The lowest BCUT2D eigenvalue weighted by molar-refractivity contribution is 0.627. The third-order valence-corrected chi connectivity index (χ3v) is 2.50. The van der Waals surface area contributed by atoms with Crippen molar-refractivity contribution >= 4 is 17.4 Å². The van der Waals surface area contributed by atoms with Gasteiger partial charge in [-0.1, -0.05) is 23.7 Å². The van der Waals surface area contributed by atoms with Gasteiger partial charge < -0.3 is 5.32 Å². The monoisotopic (exact) mass is 261 g/mol. The second kappa shape index (κ2) is 5.48. The number of nitriles is 1. The zero-order chi connectivity index (χ0) is 13.0. The minimum absolute atomic E-state index is 0.260. The number of pyridine rings is 1. The summed E-state index contributed by atoms with van der Waals surface area (Å²) in [5, 5.41) is 12.1. The second-order valence-corrected chi connectivity index (χ2v) is 4.04. The summed E-state index contributed by atoms with van der Waals surface area (Å²) in [6.07, 6.45) is 0. The van der Waals surface area contributed by atoms with Crippen LogP contribution in [0.5, 0.6) is 0 Å². The van der Waals surface area contributed by atoms with E-state index in [4.69, 9.17) is 16.9 Å². The van der Waals surface area contributed by atoms with Crippen molar-refractivity contribution in [3.63, 3.8) is 0 Å². The van der Waals surface area contributed by atoms with Gasteiger partial charge in [0, 0.05) is 6.54 Å². The van der Waals surface area contributed by atoms with Crippen LogP contribution in [0.15, 0.2) is 36.4 Å². The van der Waals surface area contributed by atoms with Crippen LogP contribution >= 0.6 is 11.6 Å². The van der Waals surface area contributed by atoms with Crippen LogP contribution in [-0.2, 0) is 6.54 Å². The average molecular weight is 262 g/mol. The topological polar surface area (TPSA) is 48.7 Å². The second-order valence-electron chi connectivity index (χ2n) is 3.66. The molecule has 0 saturated carbocycles. The molecule has 0 amide bonds. The molecule has 0 bridgehead atoms. The fourth-order valence-corrected chi connectivity index (χ4v) is 1.66. The summed E-state index contributed by atoms with van der Waals surface area (Å²) >= 11 is 5.78. The fourth-order valence-electron chi connectivity index (χ4n) is 1.45. The Morgan fingerprint density at radius 2 is 2.00 bits per heavy atom. The van der Waals surface area contributed by atoms with Crippen molar-refractivity contribution in [3.8, 4) is 6.07 Å². The highest BCUT2D eigenvalue weighted by molar-refractivity contribution is 6.29. The number of nitrogens with zero attached hydrogens (tertiary/aromatic N) is 2. The first-order valence-corrected chi connectivity index (χ1v) is 5.61. The molecule has 90 valence electrons. The van der Waals surface area contributed by atoms with Gasteiger partial charge in [-0.05, 0) is 29.8 Å². The Labute approximate surface area is 109 Å². The highest BCUT2D eigenvalue weighted by Crippen LogP contribution is 2.14. The molecule has 0 atom stereocenters. The summed E-state index contributed by atoms with van der Waals surface area (Å²) in [5.41, 5.74) is 1.35. The molecule has 1 aromatic carbocycles. The molecule has 0 aliphatic carbocycles. The van der Waals surface area contributed by atoms with Crippen LogP contribution < -0.4 is 5.32 Å². The van der Waals surface area contributed by atoms with Crippen molar-refractivity contribution in [1.29, 1.82) is 5.26 Å². The molecule has 0 unspecified atom stereocenters. The predicted molar refractivity (Wildman–Crippen MR) is 67.7 cm³/mol. The van der Waals surface area contributed by atoms with Crippen molar-refractivity contribution in [2.75, 3.05) is 5.32 Å². The standard InChI is InChI=1S/C13H9ClFN3/c14-12-5-10(7-16)6-13(18-12)17-8-9-1-3-11(15)4-2-9/h1-6H,8H2,(H,17,18). The molecular formula is C13H9ClFN3. The van der Waals surface area contributed by atoms with E-state index in [1.165, 1.54) is 18.2 Å². The Hall–Kier alpha value is -2.12. The van der Waals surface area contributed by atoms with E-state index >= 15 is 0 Å². The van der Waals surface area contributed by atoms with Crippen LogP contribution in [-0.4, -0.2) is 4.98 Å². The van der Waals surface area contributed by atoms with E-state index in [-0.39, 0.29) is 11.0 Å². The van der Waals surface area contributed by atoms with Gasteiger partial charge in [-0.25, -0.2) is 9.37 Å². The van der Waals surface area contributed by atoms with Crippen molar-refractivity contribution in [2.24, 2.45) is 0 Å². The Morgan fingerprint density at radius 1 is 1.28 bits per heavy atom. The Morgan fingerprint density at radius 3 is 2.67 bits per heavy atom. The number of hydrogen-bond donors (Lipinski definition) is 1. The summed E-state index contributed by atoms with van der Waals surface area (Å²) in [5.74, 6) is 0.245. The first-order chi connectivity index (χ1) is 8.67. The quantitative estimate of drug-likeness (QED) is 0.862. The minimum atomic E-state index is -0.272. The van der Waals surface area contributed by atoms with Gasteiger partial charge in [-0.3, -0.25) is 0 Å². The molecule has 3 nitrogen and oxygen atoms in total. The SMILES string of the molecule is N#Cc1cc(Cl)nc(NCc2ccc(F)cc2)c1. The van der Waals surface area contributed by atoms with Gasteiger partial charge in [-0.15, -0.1) is 0 Å². The molecule has 18 heavy (non-hydrogen) atoms. The molecule has 0 saturated heterocycles. The lowest BCUT2D eigenvalue weighted by Gasteiger charge is -2.06. The number of anilines is 1. The van der Waals surface area contributed by atoms with Crippen molar-refractivity contribution in [3.05, 3.63) is 58.5 Å². The van der Waals surface area contributed by atoms with Crippen LogP contribution in [0.25, 0.3) is 0 Å². The summed E-state index contributed by atoms with van der Waals surface area (Å²) in [7, 11) is 0. The third-order valence-electron chi connectivity index (χ3n) is 2.31. The number of benzene rings is 1. The largest absolute Gasteiger partial charge is 0.366 e. The molecule has 1 heterocycles. The highest BCUT2D eigenvalue weighted by atomic mass is 35.5. The molecule has 0 aliphatic rings. The van der Waals surface area contributed by atoms with Crippen molar-refractivity contribution < 1.29 is 4.39 Å². The smallest absolute Gasteiger partial charge is 0.132 e. The maximum absolute atomic E-state index is 12.7. The van der Waals surface area contributed by atoms with E-state index in [1.807, 2.05) is 6.07 Å². The molecule has 0 fully saturated rings. The lowest BCUT2D eigenvalue weighted by Crippen LogP contribution is -2.01. The van der Waals surface area contributed by atoms with Crippen molar-refractivity contribution in [2.45, 2.75) is 6.54 Å². The third kappa shape index (κ3) is 3.19. The van der Waals surface area contributed by atoms with Gasteiger partial charge >= 0.3 is 0 Å².